The van der Waals surface area contributed by atoms with Crippen molar-refractivity contribution in [2.24, 2.45) is 5.92 Å². The fourth-order valence-corrected chi connectivity index (χ4v) is 1.53. The van der Waals surface area contributed by atoms with Crippen molar-refractivity contribution in [2.45, 2.75) is 27.2 Å². The molecular formula is C13H18ClNO. The van der Waals surface area contributed by atoms with E-state index in [-0.39, 0.29) is 11.8 Å². The quantitative estimate of drug-likeness (QED) is 0.860. The Kier molecular flexibility index (Phi) is 4.81. The molecule has 1 N–H and O–H groups in total. The maximum Gasteiger partial charge on any atom is 0.222 e. The van der Waals surface area contributed by atoms with Gasteiger partial charge in [-0.05, 0) is 30.5 Å². The first-order valence-corrected chi connectivity index (χ1v) is 5.91. The van der Waals surface area contributed by atoms with Gasteiger partial charge in [0.2, 0.25) is 5.91 Å². The van der Waals surface area contributed by atoms with Crippen LogP contribution in [0.2, 0.25) is 5.02 Å². The number of amides is 1. The van der Waals surface area contributed by atoms with Gasteiger partial charge in [0.15, 0.2) is 0 Å². The van der Waals surface area contributed by atoms with E-state index in [0.717, 1.165) is 22.6 Å². The van der Waals surface area contributed by atoms with Crippen molar-refractivity contribution >= 4 is 17.5 Å². The molecule has 0 unspecified atom stereocenters. The highest BCUT2D eigenvalue weighted by atomic mass is 35.5. The third-order valence-electron chi connectivity index (χ3n) is 2.47. The molecule has 1 amide bonds. The van der Waals surface area contributed by atoms with Gasteiger partial charge in [0.25, 0.3) is 0 Å². The molecule has 0 atom stereocenters. The SMILES string of the molecule is Cc1ccc(CCNC(=O)C(C)C)cc1Cl. The molecule has 0 saturated heterocycles. The average Bonchev–Trinajstić information content (AvgIpc) is 2.23. The minimum absolute atomic E-state index is 0.0432. The molecule has 1 rings (SSSR count). The summed E-state index contributed by atoms with van der Waals surface area (Å²) >= 11 is 6.02. The van der Waals surface area contributed by atoms with E-state index in [0.29, 0.717) is 6.54 Å². The second kappa shape index (κ2) is 5.90. The number of rotatable bonds is 4. The van der Waals surface area contributed by atoms with Crippen LogP contribution in [0.25, 0.3) is 0 Å². The van der Waals surface area contributed by atoms with Gasteiger partial charge in [-0.25, -0.2) is 0 Å². The Morgan fingerprint density at radius 2 is 2.12 bits per heavy atom. The minimum atomic E-state index is 0.0432. The molecule has 1 aromatic carbocycles. The van der Waals surface area contributed by atoms with Crippen LogP contribution >= 0.6 is 11.6 Å². The highest BCUT2D eigenvalue weighted by molar-refractivity contribution is 6.31. The second-order valence-corrected chi connectivity index (χ2v) is 4.69. The summed E-state index contributed by atoms with van der Waals surface area (Å²) in [7, 11) is 0. The van der Waals surface area contributed by atoms with Gasteiger partial charge in [-0.15, -0.1) is 0 Å². The van der Waals surface area contributed by atoms with Crippen LogP contribution in [0.15, 0.2) is 18.2 Å². The summed E-state index contributed by atoms with van der Waals surface area (Å²) in [6, 6.07) is 6.00. The molecular weight excluding hydrogens is 222 g/mol. The summed E-state index contributed by atoms with van der Waals surface area (Å²) in [4.78, 5) is 11.3. The first-order chi connectivity index (χ1) is 7.50. The van der Waals surface area contributed by atoms with Gasteiger partial charge in [0, 0.05) is 17.5 Å². The van der Waals surface area contributed by atoms with Crippen molar-refractivity contribution in [3.05, 3.63) is 34.3 Å². The summed E-state index contributed by atoms with van der Waals surface area (Å²) in [5.41, 5.74) is 2.23. The number of benzene rings is 1. The van der Waals surface area contributed by atoms with Gasteiger partial charge in [0.1, 0.15) is 0 Å². The maximum absolute atomic E-state index is 11.3. The topological polar surface area (TPSA) is 29.1 Å². The first-order valence-electron chi connectivity index (χ1n) is 5.53. The van der Waals surface area contributed by atoms with E-state index in [1.165, 1.54) is 0 Å². The normalized spacial score (nSPS) is 10.6. The molecule has 0 heterocycles. The summed E-state index contributed by atoms with van der Waals surface area (Å²) < 4.78 is 0. The zero-order chi connectivity index (χ0) is 12.1. The molecule has 1 aromatic rings. The van der Waals surface area contributed by atoms with E-state index in [1.54, 1.807) is 0 Å². The van der Waals surface area contributed by atoms with E-state index in [2.05, 4.69) is 5.32 Å². The summed E-state index contributed by atoms with van der Waals surface area (Å²) in [6.07, 6.45) is 0.818. The van der Waals surface area contributed by atoms with Gasteiger partial charge in [-0.3, -0.25) is 4.79 Å². The number of carbonyl (C=O) groups excluding carboxylic acids is 1. The molecule has 0 spiro atoms. The summed E-state index contributed by atoms with van der Waals surface area (Å²) in [6.45, 7) is 6.42. The number of hydrogen-bond acceptors (Lipinski definition) is 1. The van der Waals surface area contributed by atoms with Gasteiger partial charge in [0.05, 0.1) is 0 Å². The van der Waals surface area contributed by atoms with Crippen LogP contribution in [0.3, 0.4) is 0 Å². The molecule has 16 heavy (non-hydrogen) atoms. The molecule has 0 fully saturated rings. The molecule has 0 aliphatic heterocycles. The lowest BCUT2D eigenvalue weighted by Gasteiger charge is -2.08. The number of hydrogen-bond donors (Lipinski definition) is 1. The number of nitrogens with one attached hydrogen (secondary N) is 1. The zero-order valence-corrected chi connectivity index (χ0v) is 10.8. The lowest BCUT2D eigenvalue weighted by atomic mass is 10.1. The van der Waals surface area contributed by atoms with Crippen molar-refractivity contribution < 1.29 is 4.79 Å². The maximum atomic E-state index is 11.3. The average molecular weight is 240 g/mol. The molecule has 3 heteroatoms. The molecule has 0 radical (unpaired) electrons. The molecule has 0 aliphatic rings. The van der Waals surface area contributed by atoms with Crippen LogP contribution in [0.1, 0.15) is 25.0 Å². The third-order valence-corrected chi connectivity index (χ3v) is 2.88. The van der Waals surface area contributed by atoms with Crippen molar-refractivity contribution in [1.29, 1.82) is 0 Å². The number of halogens is 1. The Morgan fingerprint density at radius 1 is 1.44 bits per heavy atom. The van der Waals surface area contributed by atoms with Crippen LogP contribution in [-0.2, 0) is 11.2 Å². The minimum Gasteiger partial charge on any atom is -0.356 e. The standard InChI is InChI=1S/C13H18ClNO/c1-9(2)13(16)15-7-6-11-5-4-10(3)12(14)8-11/h4-5,8-9H,6-7H2,1-3H3,(H,15,16). The Hall–Kier alpha value is -1.02. The lowest BCUT2D eigenvalue weighted by Crippen LogP contribution is -2.29. The highest BCUT2D eigenvalue weighted by Crippen LogP contribution is 2.16. The highest BCUT2D eigenvalue weighted by Gasteiger charge is 2.05. The Bertz CT molecular complexity index is 374. The lowest BCUT2D eigenvalue weighted by molar-refractivity contribution is -0.123. The number of carbonyl (C=O) groups is 1. The van der Waals surface area contributed by atoms with Crippen LogP contribution in [0.4, 0.5) is 0 Å². The molecule has 0 aromatic heterocycles. The fourth-order valence-electron chi connectivity index (χ4n) is 1.33. The van der Waals surface area contributed by atoms with Gasteiger partial charge in [-0.1, -0.05) is 37.6 Å². The first kappa shape index (κ1) is 13.0. The van der Waals surface area contributed by atoms with Crippen molar-refractivity contribution in [3.8, 4) is 0 Å². The molecule has 0 bridgehead atoms. The van der Waals surface area contributed by atoms with Crippen LogP contribution < -0.4 is 5.32 Å². The van der Waals surface area contributed by atoms with Gasteiger partial charge >= 0.3 is 0 Å². The Morgan fingerprint density at radius 3 is 2.69 bits per heavy atom. The van der Waals surface area contributed by atoms with E-state index in [1.807, 2.05) is 39.0 Å². The number of aryl methyl sites for hydroxylation is 1. The van der Waals surface area contributed by atoms with Gasteiger partial charge < -0.3 is 5.32 Å². The molecule has 0 aliphatic carbocycles. The summed E-state index contributed by atoms with van der Waals surface area (Å²) in [5, 5.41) is 3.67. The molecule has 2 nitrogen and oxygen atoms in total. The van der Waals surface area contributed by atoms with Crippen molar-refractivity contribution in [1.82, 2.24) is 5.32 Å². The smallest absolute Gasteiger partial charge is 0.222 e. The van der Waals surface area contributed by atoms with E-state index in [4.69, 9.17) is 11.6 Å². The summed E-state index contributed by atoms with van der Waals surface area (Å²) in [5.74, 6) is 0.139. The van der Waals surface area contributed by atoms with Gasteiger partial charge in [-0.2, -0.15) is 0 Å². The Labute approximate surface area is 102 Å². The van der Waals surface area contributed by atoms with Crippen molar-refractivity contribution in [2.75, 3.05) is 6.54 Å². The van der Waals surface area contributed by atoms with Crippen molar-refractivity contribution in [3.63, 3.8) is 0 Å². The van der Waals surface area contributed by atoms with Crippen LogP contribution in [-0.4, -0.2) is 12.5 Å². The van der Waals surface area contributed by atoms with Crippen LogP contribution in [0.5, 0.6) is 0 Å². The van der Waals surface area contributed by atoms with Crippen LogP contribution in [0, 0.1) is 12.8 Å². The van der Waals surface area contributed by atoms with E-state index < -0.39 is 0 Å². The third kappa shape index (κ3) is 3.86. The zero-order valence-electron chi connectivity index (χ0n) is 10.0. The predicted octanol–water partition coefficient (Wildman–Crippen LogP) is 2.96. The van der Waals surface area contributed by atoms with E-state index in [9.17, 15) is 4.79 Å². The molecule has 88 valence electrons. The largest absolute Gasteiger partial charge is 0.356 e. The Balaban J connectivity index is 2.43. The second-order valence-electron chi connectivity index (χ2n) is 4.28. The van der Waals surface area contributed by atoms with E-state index >= 15 is 0 Å². The fraction of sp³-hybridized carbons (Fsp3) is 0.462. The predicted molar refractivity (Wildman–Crippen MR) is 67.7 cm³/mol. The molecule has 0 saturated carbocycles. The monoisotopic (exact) mass is 239 g/mol.